The fraction of sp³-hybridized carbons (Fsp3) is 0.478. The molecule has 0 aliphatic rings. The molecule has 0 aliphatic carbocycles. The predicted octanol–water partition coefficient (Wildman–Crippen LogP) is 6.36. The van der Waals surface area contributed by atoms with Crippen molar-refractivity contribution in [3.05, 3.63) is 65.7 Å². The summed E-state index contributed by atoms with van der Waals surface area (Å²) >= 11 is 0. The van der Waals surface area contributed by atoms with Gasteiger partial charge in [0.25, 0.3) is 0 Å². The van der Waals surface area contributed by atoms with Crippen LogP contribution in [0.1, 0.15) is 58.1 Å². The van der Waals surface area contributed by atoms with Gasteiger partial charge in [0, 0.05) is 0 Å². The maximum atomic E-state index is 10.1. The zero-order chi connectivity index (χ0) is 17.6. The van der Waals surface area contributed by atoms with Crippen LogP contribution in [0.15, 0.2) is 54.6 Å². The number of rotatable bonds is 8. The molecule has 0 heterocycles. The van der Waals surface area contributed by atoms with Gasteiger partial charge in [-0.2, -0.15) is 0 Å². The summed E-state index contributed by atoms with van der Waals surface area (Å²) in [6, 6.07) is 18.7. The maximum Gasteiger partial charge on any atom is 0.118 e. The second kappa shape index (κ2) is 8.37. The highest BCUT2D eigenvalue weighted by Crippen LogP contribution is 2.39. The van der Waals surface area contributed by atoms with Crippen molar-refractivity contribution in [1.29, 1.82) is 0 Å². The number of phenols is 1. The third-order valence-electron chi connectivity index (χ3n) is 5.73. The van der Waals surface area contributed by atoms with Crippen molar-refractivity contribution in [2.75, 3.05) is 0 Å². The summed E-state index contributed by atoms with van der Waals surface area (Å²) in [6.07, 6.45) is 4.49. The molecule has 130 valence electrons. The average Bonchev–Trinajstić information content (AvgIpc) is 2.60. The molecule has 0 saturated carbocycles. The molecule has 0 amide bonds. The number of hydrogen-bond donors (Lipinski definition) is 1. The topological polar surface area (TPSA) is 20.2 Å². The minimum absolute atomic E-state index is 0.169. The van der Waals surface area contributed by atoms with E-state index >= 15 is 0 Å². The number of benzene rings is 2. The second-order valence-corrected chi connectivity index (χ2v) is 7.54. The lowest BCUT2D eigenvalue weighted by Gasteiger charge is -2.37. The Bertz CT molecular complexity index is 615. The van der Waals surface area contributed by atoms with Gasteiger partial charge in [-0.3, -0.25) is 0 Å². The summed E-state index contributed by atoms with van der Waals surface area (Å²) in [6.45, 7) is 9.33. The third-order valence-corrected chi connectivity index (χ3v) is 5.73. The van der Waals surface area contributed by atoms with Crippen LogP contribution in [0.2, 0.25) is 0 Å². The SMILES string of the molecule is CCC(Cc1ccccc1O)CC(CC)C(C)(C)c1ccccc1. The van der Waals surface area contributed by atoms with Crippen molar-refractivity contribution in [3.8, 4) is 5.75 Å². The van der Waals surface area contributed by atoms with Gasteiger partial charge in [0.2, 0.25) is 0 Å². The molecule has 1 nitrogen and oxygen atoms in total. The highest BCUT2D eigenvalue weighted by atomic mass is 16.3. The smallest absolute Gasteiger partial charge is 0.118 e. The lowest BCUT2D eigenvalue weighted by molar-refractivity contribution is 0.240. The van der Waals surface area contributed by atoms with E-state index < -0.39 is 0 Å². The lowest BCUT2D eigenvalue weighted by Crippen LogP contribution is -2.30. The van der Waals surface area contributed by atoms with Gasteiger partial charge in [0.05, 0.1) is 0 Å². The summed E-state index contributed by atoms with van der Waals surface area (Å²) in [5.74, 6) is 1.67. The summed E-state index contributed by atoms with van der Waals surface area (Å²) in [7, 11) is 0. The summed E-state index contributed by atoms with van der Waals surface area (Å²) in [5.41, 5.74) is 2.67. The molecule has 0 spiro atoms. The summed E-state index contributed by atoms with van der Waals surface area (Å²) in [4.78, 5) is 0. The highest BCUT2D eigenvalue weighted by Gasteiger charge is 2.31. The molecule has 0 saturated heterocycles. The Kier molecular flexibility index (Phi) is 6.48. The molecule has 0 bridgehead atoms. The Morgan fingerprint density at radius 3 is 2.08 bits per heavy atom. The van der Waals surface area contributed by atoms with Gasteiger partial charge in [0.15, 0.2) is 0 Å². The van der Waals surface area contributed by atoms with Gasteiger partial charge in [0.1, 0.15) is 5.75 Å². The van der Waals surface area contributed by atoms with E-state index in [1.807, 2.05) is 12.1 Å². The van der Waals surface area contributed by atoms with Crippen molar-refractivity contribution in [3.63, 3.8) is 0 Å². The summed E-state index contributed by atoms with van der Waals surface area (Å²) < 4.78 is 0. The molecule has 2 aromatic carbocycles. The number of hydrogen-bond acceptors (Lipinski definition) is 1. The molecule has 2 unspecified atom stereocenters. The number of phenolic OH excluding ortho intramolecular Hbond substituents is 1. The summed E-state index contributed by atoms with van der Waals surface area (Å²) in [5, 5.41) is 10.1. The van der Waals surface area contributed by atoms with Crippen LogP contribution in [-0.4, -0.2) is 5.11 Å². The van der Waals surface area contributed by atoms with E-state index in [9.17, 15) is 5.11 Å². The molecule has 24 heavy (non-hydrogen) atoms. The first-order chi connectivity index (χ1) is 11.5. The molecular weight excluding hydrogens is 292 g/mol. The molecule has 0 aromatic heterocycles. The Balaban J connectivity index is 2.14. The first-order valence-corrected chi connectivity index (χ1v) is 9.31. The number of aromatic hydroxyl groups is 1. The van der Waals surface area contributed by atoms with Gasteiger partial charge in [-0.05, 0) is 47.3 Å². The van der Waals surface area contributed by atoms with Crippen LogP contribution in [0.25, 0.3) is 0 Å². The molecule has 0 aliphatic heterocycles. The zero-order valence-corrected chi connectivity index (χ0v) is 15.6. The fourth-order valence-electron chi connectivity index (χ4n) is 3.87. The Morgan fingerprint density at radius 2 is 1.50 bits per heavy atom. The van der Waals surface area contributed by atoms with Crippen LogP contribution in [-0.2, 0) is 11.8 Å². The van der Waals surface area contributed by atoms with Crippen molar-refractivity contribution < 1.29 is 5.11 Å². The molecule has 0 radical (unpaired) electrons. The van der Waals surface area contributed by atoms with E-state index in [1.165, 1.54) is 18.4 Å². The van der Waals surface area contributed by atoms with Crippen LogP contribution in [0, 0.1) is 11.8 Å². The van der Waals surface area contributed by atoms with E-state index in [2.05, 4.69) is 64.1 Å². The van der Waals surface area contributed by atoms with Gasteiger partial charge < -0.3 is 5.11 Å². The van der Waals surface area contributed by atoms with Crippen LogP contribution in [0.5, 0.6) is 5.75 Å². The van der Waals surface area contributed by atoms with Crippen LogP contribution in [0.4, 0.5) is 0 Å². The Hall–Kier alpha value is -1.76. The van der Waals surface area contributed by atoms with Crippen molar-refractivity contribution in [2.24, 2.45) is 11.8 Å². The van der Waals surface area contributed by atoms with E-state index in [0.717, 1.165) is 18.4 Å². The lowest BCUT2D eigenvalue weighted by atomic mass is 9.68. The van der Waals surface area contributed by atoms with Crippen LogP contribution in [0.3, 0.4) is 0 Å². The van der Waals surface area contributed by atoms with Crippen LogP contribution < -0.4 is 0 Å². The minimum atomic E-state index is 0.169. The standard InChI is InChI=1S/C23H32O/c1-5-18(16-19-12-10-11-15-22(19)24)17-20(6-2)23(3,4)21-13-8-7-9-14-21/h7-15,18,20,24H,5-6,16-17H2,1-4H3. The van der Waals surface area contributed by atoms with Gasteiger partial charge in [-0.1, -0.05) is 89.1 Å². The molecule has 1 N–H and O–H groups in total. The average molecular weight is 325 g/mol. The van der Waals surface area contributed by atoms with Crippen LogP contribution >= 0.6 is 0 Å². The number of para-hydroxylation sites is 1. The van der Waals surface area contributed by atoms with E-state index in [1.54, 1.807) is 6.07 Å². The fourth-order valence-corrected chi connectivity index (χ4v) is 3.87. The predicted molar refractivity (Wildman–Crippen MR) is 103 cm³/mol. The first kappa shape index (κ1) is 18.6. The van der Waals surface area contributed by atoms with Gasteiger partial charge in [-0.15, -0.1) is 0 Å². The van der Waals surface area contributed by atoms with E-state index in [-0.39, 0.29) is 5.41 Å². The molecule has 0 fully saturated rings. The Labute approximate surface area is 147 Å². The van der Waals surface area contributed by atoms with Gasteiger partial charge in [-0.25, -0.2) is 0 Å². The first-order valence-electron chi connectivity index (χ1n) is 9.31. The molecule has 2 rings (SSSR count). The van der Waals surface area contributed by atoms with Crippen molar-refractivity contribution in [1.82, 2.24) is 0 Å². The zero-order valence-electron chi connectivity index (χ0n) is 15.6. The minimum Gasteiger partial charge on any atom is -0.508 e. The largest absolute Gasteiger partial charge is 0.508 e. The molecular formula is C23H32O. The third kappa shape index (κ3) is 4.41. The van der Waals surface area contributed by atoms with Crippen molar-refractivity contribution in [2.45, 2.75) is 58.8 Å². The van der Waals surface area contributed by atoms with Crippen molar-refractivity contribution >= 4 is 0 Å². The molecule has 1 heteroatoms. The highest BCUT2D eigenvalue weighted by molar-refractivity contribution is 5.32. The normalized spacial score (nSPS) is 14.3. The Morgan fingerprint density at radius 1 is 0.875 bits per heavy atom. The second-order valence-electron chi connectivity index (χ2n) is 7.54. The monoisotopic (exact) mass is 324 g/mol. The van der Waals surface area contributed by atoms with Gasteiger partial charge >= 0.3 is 0 Å². The quantitative estimate of drug-likeness (QED) is 0.599. The molecule has 2 aromatic rings. The van der Waals surface area contributed by atoms with E-state index in [4.69, 9.17) is 0 Å². The maximum absolute atomic E-state index is 10.1. The molecule has 2 atom stereocenters. The van der Waals surface area contributed by atoms with E-state index in [0.29, 0.717) is 17.6 Å².